The molecule has 8 aromatic carbocycles. The molecule has 0 saturated heterocycles. The van der Waals surface area contributed by atoms with E-state index in [2.05, 4.69) is 6.07 Å². The predicted octanol–water partition coefficient (Wildman–Crippen LogP) is 15.4. The molecule has 0 aromatic heterocycles. The van der Waals surface area contributed by atoms with Gasteiger partial charge in [-0.2, -0.15) is 0 Å². The Morgan fingerprint density at radius 1 is 0.212 bits per heavy atom. The SMILES string of the molecule is Clc1cccc(OCc2cc(COc3cccc(Cl)c3)cc(OCc3cc(COc4cc(COc5cccc(Cl)c5)cc(COc5cccc(Cl)c5)c4)cc(OCc4ccccc4)c3)c2)c1. The highest BCUT2D eigenvalue weighted by Crippen LogP contribution is 2.29. The van der Waals surface area contributed by atoms with Gasteiger partial charge in [-0.3, -0.25) is 0 Å². The largest absolute Gasteiger partial charge is 0.489 e. The first-order valence-electron chi connectivity index (χ1n) is 21.1. The van der Waals surface area contributed by atoms with Crippen molar-refractivity contribution < 1.29 is 33.2 Å². The van der Waals surface area contributed by atoms with Gasteiger partial charge in [-0.1, -0.05) is 101 Å². The van der Waals surface area contributed by atoms with E-state index in [4.69, 9.17) is 79.6 Å². The van der Waals surface area contributed by atoms with Crippen LogP contribution >= 0.6 is 46.4 Å². The van der Waals surface area contributed by atoms with Crippen molar-refractivity contribution in [3.63, 3.8) is 0 Å². The Morgan fingerprint density at radius 3 is 0.712 bits per heavy atom. The minimum Gasteiger partial charge on any atom is -0.489 e. The fraction of sp³-hybridized carbons (Fsp3) is 0.127. The first-order valence-corrected chi connectivity index (χ1v) is 22.6. The molecule has 11 heteroatoms. The fourth-order valence-electron chi connectivity index (χ4n) is 6.90. The van der Waals surface area contributed by atoms with Gasteiger partial charge in [0.05, 0.1) is 0 Å². The van der Waals surface area contributed by atoms with Gasteiger partial charge in [-0.05, 0) is 166 Å². The van der Waals surface area contributed by atoms with Gasteiger partial charge >= 0.3 is 0 Å². The van der Waals surface area contributed by atoms with E-state index in [1.807, 2.05) is 152 Å². The molecule has 0 spiro atoms. The van der Waals surface area contributed by atoms with Crippen LogP contribution < -0.4 is 33.2 Å². The Labute approximate surface area is 404 Å². The van der Waals surface area contributed by atoms with Crippen molar-refractivity contribution in [2.45, 2.75) is 46.2 Å². The molecule has 0 atom stereocenters. The molecule has 8 rings (SSSR count). The van der Waals surface area contributed by atoms with Crippen LogP contribution in [0, 0.1) is 0 Å². The molecule has 0 aliphatic heterocycles. The van der Waals surface area contributed by atoms with Gasteiger partial charge in [0.1, 0.15) is 86.5 Å². The Morgan fingerprint density at radius 2 is 0.455 bits per heavy atom. The first kappa shape index (κ1) is 46.1. The maximum atomic E-state index is 6.53. The molecule has 0 N–H and O–H groups in total. The summed E-state index contributed by atoms with van der Waals surface area (Å²) in [6.07, 6.45) is 0. The summed E-state index contributed by atoms with van der Waals surface area (Å²) in [4.78, 5) is 0. The maximum absolute atomic E-state index is 6.53. The topological polar surface area (TPSA) is 64.6 Å². The number of rotatable bonds is 21. The first-order chi connectivity index (χ1) is 32.2. The van der Waals surface area contributed by atoms with Crippen molar-refractivity contribution >= 4 is 46.4 Å². The smallest absolute Gasteiger partial charge is 0.121 e. The third-order valence-corrected chi connectivity index (χ3v) is 10.9. The van der Waals surface area contributed by atoms with Gasteiger partial charge in [0.25, 0.3) is 0 Å². The van der Waals surface area contributed by atoms with E-state index in [0.29, 0.717) is 66.9 Å². The number of benzene rings is 8. The molecule has 0 bridgehead atoms. The van der Waals surface area contributed by atoms with Crippen molar-refractivity contribution in [3.8, 4) is 40.2 Å². The van der Waals surface area contributed by atoms with Crippen LogP contribution in [0.15, 0.2) is 182 Å². The summed E-state index contributed by atoms with van der Waals surface area (Å²) in [7, 11) is 0. The van der Waals surface area contributed by atoms with Crippen molar-refractivity contribution in [2.75, 3.05) is 0 Å². The summed E-state index contributed by atoms with van der Waals surface area (Å²) in [5, 5.41) is 2.38. The fourth-order valence-corrected chi connectivity index (χ4v) is 7.62. The summed E-state index contributed by atoms with van der Waals surface area (Å²) in [6, 6.07) is 57.2. The number of halogens is 4. The van der Waals surface area contributed by atoms with Crippen LogP contribution in [0.1, 0.15) is 38.9 Å². The lowest BCUT2D eigenvalue weighted by Gasteiger charge is -2.16. The second-order valence-electron chi connectivity index (χ2n) is 15.3. The van der Waals surface area contributed by atoms with Gasteiger partial charge in [0.2, 0.25) is 0 Å². The molecule has 7 nitrogen and oxygen atoms in total. The van der Waals surface area contributed by atoms with E-state index < -0.39 is 0 Å². The van der Waals surface area contributed by atoms with Crippen LogP contribution in [0.5, 0.6) is 40.2 Å². The van der Waals surface area contributed by atoms with Gasteiger partial charge in [0, 0.05) is 20.1 Å². The van der Waals surface area contributed by atoms with Gasteiger partial charge in [0.15, 0.2) is 0 Å². The third kappa shape index (κ3) is 14.5. The summed E-state index contributed by atoms with van der Waals surface area (Å²) < 4.78 is 43.9. The third-order valence-electron chi connectivity index (χ3n) is 9.94. The van der Waals surface area contributed by atoms with Gasteiger partial charge in [-0.15, -0.1) is 0 Å². The Bertz CT molecular complexity index is 2550. The molecule has 66 heavy (non-hydrogen) atoms. The molecule has 8 aromatic rings. The van der Waals surface area contributed by atoms with Crippen LogP contribution in [0.2, 0.25) is 20.1 Å². The Balaban J connectivity index is 1.02. The zero-order valence-electron chi connectivity index (χ0n) is 35.6. The van der Waals surface area contributed by atoms with Crippen molar-refractivity contribution in [3.05, 3.63) is 241 Å². The molecule has 0 amide bonds. The van der Waals surface area contributed by atoms with Gasteiger partial charge in [-0.25, -0.2) is 0 Å². The van der Waals surface area contributed by atoms with E-state index in [0.717, 1.165) is 38.9 Å². The van der Waals surface area contributed by atoms with Crippen molar-refractivity contribution in [1.29, 1.82) is 0 Å². The summed E-state index contributed by atoms with van der Waals surface area (Å²) in [5.41, 5.74) is 6.39. The monoisotopic (exact) mass is 956 g/mol. The molecule has 0 heterocycles. The summed E-state index contributed by atoms with van der Waals surface area (Å²) in [5.74, 6) is 4.60. The van der Waals surface area contributed by atoms with Crippen LogP contribution in [0.4, 0.5) is 0 Å². The average Bonchev–Trinajstić information content (AvgIpc) is 3.32. The van der Waals surface area contributed by atoms with Crippen LogP contribution in [-0.2, 0) is 46.2 Å². The van der Waals surface area contributed by atoms with E-state index in [1.165, 1.54) is 0 Å². The van der Waals surface area contributed by atoms with E-state index in [9.17, 15) is 0 Å². The summed E-state index contributed by atoms with van der Waals surface area (Å²) >= 11 is 24.9. The highest BCUT2D eigenvalue weighted by molar-refractivity contribution is 6.31. The van der Waals surface area contributed by atoms with Crippen molar-refractivity contribution in [2.24, 2.45) is 0 Å². The second-order valence-corrected chi connectivity index (χ2v) is 17.0. The number of hydrogen-bond acceptors (Lipinski definition) is 7. The molecule has 0 aliphatic rings. The molecule has 0 fully saturated rings. The van der Waals surface area contributed by atoms with E-state index in [-0.39, 0.29) is 39.6 Å². The van der Waals surface area contributed by atoms with E-state index in [1.54, 1.807) is 24.3 Å². The molecule has 0 unspecified atom stereocenters. The lowest BCUT2D eigenvalue weighted by Crippen LogP contribution is -2.05. The van der Waals surface area contributed by atoms with E-state index >= 15 is 0 Å². The molecule has 0 saturated carbocycles. The normalized spacial score (nSPS) is 10.8. The zero-order chi connectivity index (χ0) is 45.5. The predicted molar refractivity (Wildman–Crippen MR) is 262 cm³/mol. The quantitative estimate of drug-likeness (QED) is 0.0711. The molecule has 0 radical (unpaired) electrons. The summed E-state index contributed by atoms with van der Waals surface area (Å²) in [6.45, 7) is 2.01. The molecule has 0 aliphatic carbocycles. The minimum absolute atomic E-state index is 0.240. The van der Waals surface area contributed by atoms with Crippen LogP contribution in [0.3, 0.4) is 0 Å². The highest BCUT2D eigenvalue weighted by atomic mass is 35.5. The molecular formula is C55H44Cl4O7. The number of hydrogen-bond donors (Lipinski definition) is 0. The second kappa shape index (κ2) is 23.1. The van der Waals surface area contributed by atoms with Crippen molar-refractivity contribution in [1.82, 2.24) is 0 Å². The highest BCUT2D eigenvalue weighted by Gasteiger charge is 2.12. The molecule has 334 valence electrons. The lowest BCUT2D eigenvalue weighted by atomic mass is 10.1. The zero-order valence-corrected chi connectivity index (χ0v) is 38.7. The molecular weight excluding hydrogens is 914 g/mol. The standard InChI is InChI=1S/C55H44Cl4O7/c56-45-10-4-14-49(27-45)60-32-39-18-40(33-61-50-15-5-11-46(57)28-50)22-54(21-39)65-36-43-20-44(26-53(25-43)64-31-38-8-2-1-3-9-38)37-66-55-23-41(34-62-51-16-6-12-47(58)29-51)19-42(24-55)35-63-52-17-7-13-48(59)30-52/h1-30H,31-37H2. The van der Waals surface area contributed by atoms with Crippen LogP contribution in [0.25, 0.3) is 0 Å². The Kier molecular flexibility index (Phi) is 16.1. The Hall–Kier alpha value is -6.48. The number of ether oxygens (including phenoxy) is 7. The minimum atomic E-state index is 0.240. The maximum Gasteiger partial charge on any atom is 0.121 e. The van der Waals surface area contributed by atoms with Crippen LogP contribution in [-0.4, -0.2) is 0 Å². The lowest BCUT2D eigenvalue weighted by molar-refractivity contribution is 0.281. The average molecular weight is 959 g/mol. The van der Waals surface area contributed by atoms with Gasteiger partial charge < -0.3 is 33.2 Å².